The van der Waals surface area contributed by atoms with Crippen molar-refractivity contribution in [1.82, 2.24) is 0 Å². The Bertz CT molecular complexity index is 405. The molecule has 3 nitrogen and oxygen atoms in total. The van der Waals surface area contributed by atoms with Gasteiger partial charge in [-0.05, 0) is 18.1 Å². The van der Waals surface area contributed by atoms with E-state index in [2.05, 4.69) is 0 Å². The predicted octanol–water partition coefficient (Wildman–Crippen LogP) is 2.63. The number of rotatable bonds is 3. The van der Waals surface area contributed by atoms with Crippen LogP contribution in [0, 0.1) is 0 Å². The highest BCUT2D eigenvalue weighted by Crippen LogP contribution is 2.33. The van der Waals surface area contributed by atoms with E-state index in [9.17, 15) is 4.79 Å². The Hall–Kier alpha value is -0.930. The van der Waals surface area contributed by atoms with E-state index in [0.717, 1.165) is 12.0 Å². The third-order valence-electron chi connectivity index (χ3n) is 2.10. The Balaban J connectivity index is 3.42. The van der Waals surface area contributed by atoms with Crippen molar-refractivity contribution < 1.29 is 4.79 Å². The van der Waals surface area contributed by atoms with Crippen LogP contribution in [0.15, 0.2) is 6.07 Å². The zero-order valence-corrected chi connectivity index (χ0v) is 9.82. The van der Waals surface area contributed by atoms with Crippen LogP contribution in [0.25, 0.3) is 0 Å². The highest BCUT2D eigenvalue weighted by Gasteiger charge is 2.17. The molecule has 0 atom stereocenters. The van der Waals surface area contributed by atoms with E-state index in [1.54, 1.807) is 0 Å². The smallest absolute Gasteiger partial charge is 0.251 e. The van der Waals surface area contributed by atoms with E-state index in [-0.39, 0.29) is 15.6 Å². The minimum absolute atomic E-state index is 0.149. The molecule has 15 heavy (non-hydrogen) atoms. The van der Waals surface area contributed by atoms with E-state index in [1.807, 2.05) is 6.92 Å². The second-order valence-corrected chi connectivity index (χ2v) is 4.01. The molecule has 0 saturated carbocycles. The van der Waals surface area contributed by atoms with E-state index >= 15 is 0 Å². The first kappa shape index (κ1) is 12.1. The number of halogens is 2. The third kappa shape index (κ3) is 2.36. The van der Waals surface area contributed by atoms with Gasteiger partial charge in [-0.1, -0.05) is 36.5 Å². The lowest BCUT2D eigenvalue weighted by molar-refractivity contribution is 0.100. The van der Waals surface area contributed by atoms with Crippen molar-refractivity contribution in [3.8, 4) is 0 Å². The molecule has 0 unspecified atom stereocenters. The maximum absolute atomic E-state index is 11.1. The molecule has 0 saturated heterocycles. The number of amides is 1. The van der Waals surface area contributed by atoms with Crippen molar-refractivity contribution in [3.05, 3.63) is 27.2 Å². The Morgan fingerprint density at radius 1 is 1.47 bits per heavy atom. The van der Waals surface area contributed by atoms with Crippen LogP contribution in [0.2, 0.25) is 10.0 Å². The van der Waals surface area contributed by atoms with Crippen LogP contribution in [0.5, 0.6) is 0 Å². The average molecular weight is 247 g/mol. The second kappa shape index (κ2) is 4.73. The summed E-state index contributed by atoms with van der Waals surface area (Å²) in [5.74, 6) is -0.637. The maximum atomic E-state index is 11.1. The van der Waals surface area contributed by atoms with E-state index in [4.69, 9.17) is 34.7 Å². The molecule has 0 spiro atoms. The summed E-state index contributed by atoms with van der Waals surface area (Å²) in [4.78, 5) is 11.1. The quantitative estimate of drug-likeness (QED) is 0.806. The molecule has 0 bridgehead atoms. The number of hydrogen-bond donors (Lipinski definition) is 2. The summed E-state index contributed by atoms with van der Waals surface area (Å²) < 4.78 is 0. The summed E-state index contributed by atoms with van der Waals surface area (Å²) in [5.41, 5.74) is 12.3. The molecule has 1 aromatic carbocycles. The van der Waals surface area contributed by atoms with Gasteiger partial charge in [0.15, 0.2) is 0 Å². The summed E-state index contributed by atoms with van der Waals surface area (Å²) in [6, 6.07) is 1.51. The van der Waals surface area contributed by atoms with Gasteiger partial charge in [0.05, 0.1) is 15.6 Å². The van der Waals surface area contributed by atoms with Crippen LogP contribution in [0.1, 0.15) is 29.3 Å². The van der Waals surface area contributed by atoms with Gasteiger partial charge in [0.25, 0.3) is 5.91 Å². The van der Waals surface area contributed by atoms with Crippen LogP contribution in [-0.4, -0.2) is 5.91 Å². The van der Waals surface area contributed by atoms with Gasteiger partial charge < -0.3 is 11.5 Å². The first-order valence-electron chi connectivity index (χ1n) is 4.55. The SMILES string of the molecule is CCCc1c(N)cc(Cl)c(C(N)=O)c1Cl. The Morgan fingerprint density at radius 3 is 2.53 bits per heavy atom. The number of carbonyl (C=O) groups is 1. The Morgan fingerprint density at radius 2 is 2.07 bits per heavy atom. The van der Waals surface area contributed by atoms with Gasteiger partial charge in [-0.25, -0.2) is 0 Å². The number of anilines is 1. The van der Waals surface area contributed by atoms with Crippen molar-refractivity contribution in [1.29, 1.82) is 0 Å². The fourth-order valence-corrected chi connectivity index (χ4v) is 2.16. The number of hydrogen-bond acceptors (Lipinski definition) is 2. The van der Waals surface area contributed by atoms with Crippen LogP contribution < -0.4 is 11.5 Å². The second-order valence-electron chi connectivity index (χ2n) is 3.23. The minimum Gasteiger partial charge on any atom is -0.398 e. The van der Waals surface area contributed by atoms with E-state index in [0.29, 0.717) is 12.1 Å². The molecule has 0 aromatic heterocycles. The molecule has 0 heterocycles. The van der Waals surface area contributed by atoms with Gasteiger partial charge in [0.1, 0.15) is 0 Å². The number of primary amides is 1. The lowest BCUT2D eigenvalue weighted by Gasteiger charge is -2.11. The van der Waals surface area contributed by atoms with Gasteiger partial charge in [-0.3, -0.25) is 4.79 Å². The van der Waals surface area contributed by atoms with Crippen molar-refractivity contribution in [2.45, 2.75) is 19.8 Å². The third-order valence-corrected chi connectivity index (χ3v) is 2.82. The summed E-state index contributed by atoms with van der Waals surface area (Å²) >= 11 is 11.9. The summed E-state index contributed by atoms with van der Waals surface area (Å²) in [7, 11) is 0. The normalized spacial score (nSPS) is 10.3. The van der Waals surface area contributed by atoms with Crippen molar-refractivity contribution in [2.24, 2.45) is 5.73 Å². The van der Waals surface area contributed by atoms with Crippen molar-refractivity contribution in [3.63, 3.8) is 0 Å². The number of nitrogen functional groups attached to an aromatic ring is 1. The van der Waals surface area contributed by atoms with Crippen LogP contribution in [0.3, 0.4) is 0 Å². The molecule has 0 aliphatic heterocycles. The summed E-state index contributed by atoms with van der Waals surface area (Å²) in [5, 5.41) is 0.471. The summed E-state index contributed by atoms with van der Waals surface area (Å²) in [6.07, 6.45) is 1.58. The zero-order chi connectivity index (χ0) is 11.6. The maximum Gasteiger partial charge on any atom is 0.251 e. The van der Waals surface area contributed by atoms with Crippen LogP contribution >= 0.6 is 23.2 Å². The van der Waals surface area contributed by atoms with Crippen molar-refractivity contribution >= 4 is 34.8 Å². The average Bonchev–Trinajstić information content (AvgIpc) is 2.11. The monoisotopic (exact) mass is 246 g/mol. The molecule has 1 aromatic rings. The molecule has 0 radical (unpaired) electrons. The van der Waals surface area contributed by atoms with Gasteiger partial charge in [-0.15, -0.1) is 0 Å². The van der Waals surface area contributed by atoms with Gasteiger partial charge in [0, 0.05) is 5.69 Å². The molecule has 1 rings (SSSR count). The topological polar surface area (TPSA) is 69.1 Å². The molecular weight excluding hydrogens is 235 g/mol. The van der Waals surface area contributed by atoms with Crippen LogP contribution in [-0.2, 0) is 6.42 Å². The van der Waals surface area contributed by atoms with E-state index < -0.39 is 5.91 Å². The number of benzene rings is 1. The largest absolute Gasteiger partial charge is 0.398 e. The lowest BCUT2D eigenvalue weighted by atomic mass is 10.0. The van der Waals surface area contributed by atoms with E-state index in [1.165, 1.54) is 6.07 Å². The molecule has 5 heteroatoms. The Labute approximate surface area is 98.3 Å². The predicted molar refractivity (Wildman–Crippen MR) is 63.4 cm³/mol. The first-order valence-corrected chi connectivity index (χ1v) is 5.30. The molecule has 1 amide bonds. The van der Waals surface area contributed by atoms with Gasteiger partial charge in [-0.2, -0.15) is 0 Å². The molecule has 4 N–H and O–H groups in total. The zero-order valence-electron chi connectivity index (χ0n) is 8.31. The molecule has 0 aliphatic carbocycles. The number of nitrogens with two attached hydrogens (primary N) is 2. The Kier molecular flexibility index (Phi) is 3.83. The standard InChI is InChI=1S/C10H12Cl2N2O/c1-2-3-5-7(13)4-6(11)8(9(5)12)10(14)15/h4H,2-3,13H2,1H3,(H2,14,15). The van der Waals surface area contributed by atoms with Gasteiger partial charge >= 0.3 is 0 Å². The first-order chi connectivity index (χ1) is 6.99. The summed E-state index contributed by atoms with van der Waals surface area (Å²) in [6.45, 7) is 1.99. The lowest BCUT2D eigenvalue weighted by Crippen LogP contribution is -2.14. The van der Waals surface area contributed by atoms with Crippen LogP contribution in [0.4, 0.5) is 5.69 Å². The molecule has 0 aliphatic rings. The highest BCUT2D eigenvalue weighted by atomic mass is 35.5. The minimum atomic E-state index is -0.637. The molecule has 0 fully saturated rings. The fourth-order valence-electron chi connectivity index (χ4n) is 1.41. The number of carbonyl (C=O) groups excluding carboxylic acids is 1. The molecule has 82 valence electrons. The fraction of sp³-hybridized carbons (Fsp3) is 0.300. The highest BCUT2D eigenvalue weighted by molar-refractivity contribution is 6.40. The van der Waals surface area contributed by atoms with Gasteiger partial charge in [0.2, 0.25) is 0 Å². The molecular formula is C10H12Cl2N2O. The van der Waals surface area contributed by atoms with Crippen molar-refractivity contribution in [2.75, 3.05) is 5.73 Å².